The van der Waals surface area contributed by atoms with E-state index in [0.717, 1.165) is 6.54 Å². The molecule has 0 fully saturated rings. The maximum atomic E-state index is 5.42. The highest BCUT2D eigenvalue weighted by Crippen LogP contribution is 2.06. The molecule has 0 aromatic carbocycles. The topological polar surface area (TPSA) is 40.2 Å². The Kier molecular flexibility index (Phi) is 6.48. The van der Waals surface area contributed by atoms with Crippen molar-refractivity contribution in [3.8, 4) is 0 Å². The summed E-state index contributed by atoms with van der Waals surface area (Å²) in [6.45, 7) is 1.35. The molecule has 0 aliphatic rings. The standard InChI is InChI=1S/C7H19NO4Si/c1-8(2)6-7-12-13(9-3,10-4)11-5/h6-7H2,1-5H3. The van der Waals surface area contributed by atoms with Crippen LogP contribution in [0.2, 0.25) is 0 Å². The van der Waals surface area contributed by atoms with E-state index in [1.807, 2.05) is 19.0 Å². The number of hydrogen-bond donors (Lipinski definition) is 0. The van der Waals surface area contributed by atoms with E-state index in [-0.39, 0.29) is 0 Å². The van der Waals surface area contributed by atoms with Crippen molar-refractivity contribution in [3.05, 3.63) is 0 Å². The van der Waals surface area contributed by atoms with Gasteiger partial charge in [0.25, 0.3) is 0 Å². The van der Waals surface area contributed by atoms with Gasteiger partial charge in [0.15, 0.2) is 0 Å². The van der Waals surface area contributed by atoms with Crippen molar-refractivity contribution in [2.75, 3.05) is 48.6 Å². The van der Waals surface area contributed by atoms with Gasteiger partial charge in [-0.25, -0.2) is 0 Å². The van der Waals surface area contributed by atoms with Gasteiger partial charge >= 0.3 is 9.05 Å². The lowest BCUT2D eigenvalue weighted by Gasteiger charge is -2.23. The van der Waals surface area contributed by atoms with Crippen molar-refractivity contribution >= 4 is 9.05 Å². The van der Waals surface area contributed by atoms with Gasteiger partial charge in [0.05, 0.1) is 6.61 Å². The summed E-state index contributed by atoms with van der Waals surface area (Å²) in [5.74, 6) is 0. The highest BCUT2D eigenvalue weighted by Gasteiger charge is 2.41. The Balaban J connectivity index is 3.81. The molecule has 0 amide bonds. The minimum Gasteiger partial charge on any atom is -0.355 e. The van der Waals surface area contributed by atoms with Crippen molar-refractivity contribution in [2.45, 2.75) is 0 Å². The Bertz CT molecular complexity index is 121. The molecule has 0 spiro atoms. The van der Waals surface area contributed by atoms with Crippen LogP contribution < -0.4 is 0 Å². The minimum atomic E-state index is -2.81. The number of nitrogens with zero attached hydrogens (tertiary/aromatic N) is 1. The van der Waals surface area contributed by atoms with Crippen molar-refractivity contribution in [1.82, 2.24) is 4.90 Å². The molecule has 0 bridgehead atoms. The Morgan fingerprint density at radius 3 is 1.77 bits per heavy atom. The van der Waals surface area contributed by atoms with Gasteiger partial charge in [0, 0.05) is 27.9 Å². The first-order chi connectivity index (χ1) is 6.10. The second kappa shape index (κ2) is 6.47. The van der Waals surface area contributed by atoms with Crippen LogP contribution in [0.15, 0.2) is 0 Å². The molecule has 5 nitrogen and oxygen atoms in total. The number of rotatable bonds is 7. The molecule has 0 aromatic rings. The van der Waals surface area contributed by atoms with E-state index >= 15 is 0 Å². The second-order valence-corrected chi connectivity index (χ2v) is 5.28. The van der Waals surface area contributed by atoms with Gasteiger partial charge < -0.3 is 22.6 Å². The van der Waals surface area contributed by atoms with E-state index in [0.29, 0.717) is 6.61 Å². The summed E-state index contributed by atoms with van der Waals surface area (Å²) in [6, 6.07) is 0. The van der Waals surface area contributed by atoms with Crippen LogP contribution in [0.1, 0.15) is 0 Å². The molecule has 0 atom stereocenters. The quantitative estimate of drug-likeness (QED) is 0.549. The van der Waals surface area contributed by atoms with Crippen LogP contribution in [-0.2, 0) is 17.7 Å². The van der Waals surface area contributed by atoms with Gasteiger partial charge in [-0.2, -0.15) is 0 Å². The molecular formula is C7H19NO4Si. The van der Waals surface area contributed by atoms with Crippen molar-refractivity contribution < 1.29 is 17.7 Å². The van der Waals surface area contributed by atoms with Crippen LogP contribution >= 0.6 is 0 Å². The Labute approximate surface area is 81.0 Å². The Hall–Kier alpha value is 0.0169. The van der Waals surface area contributed by atoms with Crippen LogP contribution in [0.25, 0.3) is 0 Å². The molecule has 0 unspecified atom stereocenters. The van der Waals surface area contributed by atoms with E-state index in [9.17, 15) is 0 Å². The zero-order valence-electron chi connectivity index (χ0n) is 8.99. The van der Waals surface area contributed by atoms with E-state index in [1.54, 1.807) is 0 Å². The van der Waals surface area contributed by atoms with Crippen molar-refractivity contribution in [1.29, 1.82) is 0 Å². The average Bonchev–Trinajstić information content (AvgIpc) is 2.13. The molecule has 0 radical (unpaired) electrons. The summed E-state index contributed by atoms with van der Waals surface area (Å²) in [4.78, 5) is 2.01. The van der Waals surface area contributed by atoms with E-state index in [1.165, 1.54) is 21.3 Å². The summed E-state index contributed by atoms with van der Waals surface area (Å²) in [5.41, 5.74) is 0. The third-order valence-electron chi connectivity index (χ3n) is 1.57. The van der Waals surface area contributed by atoms with Crippen LogP contribution in [0.4, 0.5) is 0 Å². The van der Waals surface area contributed by atoms with Crippen molar-refractivity contribution in [2.24, 2.45) is 0 Å². The predicted molar refractivity (Wildman–Crippen MR) is 51.3 cm³/mol. The van der Waals surface area contributed by atoms with Gasteiger partial charge in [-0.3, -0.25) is 0 Å². The fourth-order valence-corrected chi connectivity index (χ4v) is 1.97. The van der Waals surface area contributed by atoms with Gasteiger partial charge in [-0.1, -0.05) is 0 Å². The fraction of sp³-hybridized carbons (Fsp3) is 1.00. The highest BCUT2D eigenvalue weighted by molar-refractivity contribution is 6.53. The lowest BCUT2D eigenvalue weighted by molar-refractivity contribution is 0.00316. The van der Waals surface area contributed by atoms with Gasteiger partial charge in [-0.15, -0.1) is 0 Å². The van der Waals surface area contributed by atoms with Crippen LogP contribution in [-0.4, -0.2) is 62.5 Å². The Morgan fingerprint density at radius 1 is 1.00 bits per heavy atom. The number of hydrogen-bond acceptors (Lipinski definition) is 5. The van der Waals surface area contributed by atoms with Gasteiger partial charge in [0.1, 0.15) is 0 Å². The summed E-state index contributed by atoms with van der Waals surface area (Å²) < 4.78 is 20.6. The zero-order chi connectivity index (χ0) is 10.3. The monoisotopic (exact) mass is 209 g/mol. The first kappa shape index (κ1) is 13.0. The average molecular weight is 209 g/mol. The maximum Gasteiger partial charge on any atom is 0.678 e. The van der Waals surface area contributed by atoms with Gasteiger partial charge in [-0.05, 0) is 14.1 Å². The molecule has 0 aromatic heterocycles. The predicted octanol–water partition coefficient (Wildman–Crippen LogP) is -0.0606. The molecule has 0 aliphatic heterocycles. The largest absolute Gasteiger partial charge is 0.678 e. The van der Waals surface area contributed by atoms with E-state index in [2.05, 4.69) is 0 Å². The van der Waals surface area contributed by atoms with Crippen LogP contribution in [0, 0.1) is 0 Å². The zero-order valence-corrected chi connectivity index (χ0v) is 9.99. The first-order valence-electron chi connectivity index (χ1n) is 4.04. The Morgan fingerprint density at radius 2 is 1.46 bits per heavy atom. The molecule has 13 heavy (non-hydrogen) atoms. The SMILES string of the molecule is CO[Si](OC)(OC)OCCN(C)C. The molecule has 0 saturated heterocycles. The molecule has 0 rings (SSSR count). The lowest BCUT2D eigenvalue weighted by atomic mass is 10.6. The normalized spacial score (nSPS) is 12.5. The van der Waals surface area contributed by atoms with Crippen molar-refractivity contribution in [3.63, 3.8) is 0 Å². The summed E-state index contributed by atoms with van der Waals surface area (Å²) >= 11 is 0. The van der Waals surface area contributed by atoms with E-state index < -0.39 is 9.05 Å². The van der Waals surface area contributed by atoms with Crippen LogP contribution in [0.3, 0.4) is 0 Å². The molecule has 6 heteroatoms. The molecular weight excluding hydrogens is 190 g/mol. The second-order valence-electron chi connectivity index (χ2n) is 2.76. The van der Waals surface area contributed by atoms with Crippen LogP contribution in [0.5, 0.6) is 0 Å². The minimum absolute atomic E-state index is 0.536. The molecule has 0 saturated carbocycles. The third kappa shape index (κ3) is 4.70. The smallest absolute Gasteiger partial charge is 0.355 e. The number of likely N-dealkylation sites (N-methyl/N-ethyl adjacent to an activating group) is 1. The lowest BCUT2D eigenvalue weighted by Crippen LogP contribution is -2.47. The fourth-order valence-electron chi connectivity index (χ4n) is 0.780. The first-order valence-corrected chi connectivity index (χ1v) is 5.67. The summed E-state index contributed by atoms with van der Waals surface area (Å²) in [7, 11) is 5.70. The third-order valence-corrected chi connectivity index (χ3v) is 3.63. The maximum absolute atomic E-state index is 5.42. The van der Waals surface area contributed by atoms with Gasteiger partial charge in [0.2, 0.25) is 0 Å². The van der Waals surface area contributed by atoms with E-state index in [4.69, 9.17) is 17.7 Å². The molecule has 0 N–H and O–H groups in total. The molecule has 0 aliphatic carbocycles. The summed E-state index contributed by atoms with van der Waals surface area (Å²) in [5, 5.41) is 0. The summed E-state index contributed by atoms with van der Waals surface area (Å²) in [6.07, 6.45) is 0. The molecule has 80 valence electrons. The molecule has 0 heterocycles. The highest BCUT2D eigenvalue weighted by atomic mass is 28.4.